The van der Waals surface area contributed by atoms with Gasteiger partial charge in [0.2, 0.25) is 0 Å². The summed E-state index contributed by atoms with van der Waals surface area (Å²) in [5.41, 5.74) is 6.53. The largest absolute Gasteiger partial charge is 0.458 e. The van der Waals surface area contributed by atoms with Crippen molar-refractivity contribution in [1.82, 2.24) is 4.98 Å². The molecular weight excluding hydrogens is 464 g/mol. The molecule has 0 saturated carbocycles. The van der Waals surface area contributed by atoms with Crippen molar-refractivity contribution in [1.29, 1.82) is 0 Å². The van der Waals surface area contributed by atoms with E-state index in [1.54, 1.807) is 11.3 Å². The number of esters is 1. The van der Waals surface area contributed by atoms with E-state index in [9.17, 15) is 4.79 Å². The van der Waals surface area contributed by atoms with E-state index in [1.807, 2.05) is 39.8 Å². The molecule has 0 aliphatic carbocycles. The molecule has 5 heteroatoms. The van der Waals surface area contributed by atoms with E-state index in [0.29, 0.717) is 0 Å². The van der Waals surface area contributed by atoms with Crippen LogP contribution in [-0.4, -0.2) is 11.0 Å². The highest BCUT2D eigenvalue weighted by Gasteiger charge is 2.18. The Balaban J connectivity index is 0.00000176. The molecule has 2 unspecified atom stereocenters. The summed E-state index contributed by atoms with van der Waals surface area (Å²) in [6.07, 6.45) is 2.76. The number of aromatic nitrogens is 1. The topological polar surface area (TPSA) is 51.2 Å². The zero-order chi connectivity index (χ0) is 26.1. The van der Waals surface area contributed by atoms with E-state index in [4.69, 9.17) is 4.74 Å². The Morgan fingerprint density at radius 2 is 1.61 bits per heavy atom. The maximum Gasteiger partial charge on any atom is 0.309 e. The number of ether oxygens (including phenoxy) is 1. The Labute approximate surface area is 219 Å². The molecule has 36 heavy (non-hydrogen) atoms. The molecule has 0 spiro atoms. The van der Waals surface area contributed by atoms with Gasteiger partial charge in [0.15, 0.2) is 5.13 Å². The summed E-state index contributed by atoms with van der Waals surface area (Å²) in [7, 11) is 0. The second-order valence-corrected chi connectivity index (χ2v) is 9.97. The Bertz CT molecular complexity index is 1250. The van der Waals surface area contributed by atoms with Gasteiger partial charge in [-0.25, -0.2) is 4.98 Å². The van der Waals surface area contributed by atoms with Crippen molar-refractivity contribution in [3.05, 3.63) is 77.9 Å². The van der Waals surface area contributed by atoms with Gasteiger partial charge in [-0.1, -0.05) is 94.3 Å². The van der Waals surface area contributed by atoms with Crippen molar-refractivity contribution in [2.45, 2.75) is 66.9 Å². The van der Waals surface area contributed by atoms with Crippen LogP contribution in [0.3, 0.4) is 0 Å². The van der Waals surface area contributed by atoms with Crippen LogP contribution in [-0.2, 0) is 9.53 Å². The van der Waals surface area contributed by atoms with Crippen LogP contribution in [0.2, 0.25) is 0 Å². The number of nitrogens with one attached hydrogen (secondary N) is 1. The zero-order valence-corrected chi connectivity index (χ0v) is 23.1. The third kappa shape index (κ3) is 7.17. The fourth-order valence-corrected chi connectivity index (χ4v) is 4.87. The SMILES string of the molecule is CC.CCCCC(C)C(=O)OC(C)c1ccc(-c2ccc(Nc3nc4ccc(C)cc4s3)cc2)cc1. The van der Waals surface area contributed by atoms with Gasteiger partial charge in [0.25, 0.3) is 0 Å². The van der Waals surface area contributed by atoms with Crippen LogP contribution in [0.15, 0.2) is 66.7 Å². The van der Waals surface area contributed by atoms with Gasteiger partial charge in [-0.15, -0.1) is 0 Å². The molecule has 4 nitrogen and oxygen atoms in total. The minimum atomic E-state index is -0.255. The average Bonchev–Trinajstić information content (AvgIpc) is 3.30. The second kappa shape index (κ2) is 13.2. The van der Waals surface area contributed by atoms with Gasteiger partial charge >= 0.3 is 5.97 Å². The summed E-state index contributed by atoms with van der Waals surface area (Å²) in [5.74, 6) is -0.169. The lowest BCUT2D eigenvalue weighted by Gasteiger charge is -2.17. The molecule has 0 radical (unpaired) electrons. The predicted molar refractivity (Wildman–Crippen MR) is 154 cm³/mol. The fraction of sp³-hybridized carbons (Fsp3) is 0.355. The number of thiazole rings is 1. The maximum absolute atomic E-state index is 12.3. The molecule has 1 heterocycles. The van der Waals surface area contributed by atoms with Crippen LogP contribution in [0, 0.1) is 12.8 Å². The standard InChI is InChI=1S/C29H32N2O2S.C2H6/c1-5-6-7-20(3)28(32)33-21(4)22-9-11-23(12-10-22)24-13-15-25(16-14-24)30-29-31-26-17-8-19(2)18-27(26)34-29;1-2/h8-18,20-21H,5-7H2,1-4H3,(H,30,31);1-2H3. The summed E-state index contributed by atoms with van der Waals surface area (Å²) >= 11 is 1.66. The molecular formula is C31H38N2O2S. The number of unbranched alkanes of at least 4 members (excludes halogenated alkanes) is 1. The van der Waals surface area contributed by atoms with Gasteiger partial charge in [-0.05, 0) is 66.8 Å². The summed E-state index contributed by atoms with van der Waals surface area (Å²) < 4.78 is 6.88. The summed E-state index contributed by atoms with van der Waals surface area (Å²) in [4.78, 5) is 17.0. The molecule has 0 saturated heterocycles. The molecule has 0 amide bonds. The smallest absolute Gasteiger partial charge is 0.309 e. The minimum Gasteiger partial charge on any atom is -0.458 e. The number of hydrogen-bond acceptors (Lipinski definition) is 5. The molecule has 190 valence electrons. The van der Waals surface area contributed by atoms with Crippen LogP contribution < -0.4 is 5.32 Å². The van der Waals surface area contributed by atoms with Crippen molar-refractivity contribution in [3.8, 4) is 11.1 Å². The quantitative estimate of drug-likeness (QED) is 0.232. The summed E-state index contributed by atoms with van der Waals surface area (Å²) in [5, 5.41) is 4.31. The predicted octanol–water partition coefficient (Wildman–Crippen LogP) is 9.47. The van der Waals surface area contributed by atoms with Crippen molar-refractivity contribution < 1.29 is 9.53 Å². The number of hydrogen-bond donors (Lipinski definition) is 1. The minimum absolute atomic E-state index is 0.0549. The molecule has 2 atom stereocenters. The van der Waals surface area contributed by atoms with Crippen LogP contribution in [0.1, 0.15) is 71.1 Å². The molecule has 0 aliphatic heterocycles. The van der Waals surface area contributed by atoms with E-state index >= 15 is 0 Å². The van der Waals surface area contributed by atoms with E-state index < -0.39 is 0 Å². The first-order valence-corrected chi connectivity index (χ1v) is 13.8. The maximum atomic E-state index is 12.3. The van der Waals surface area contributed by atoms with Gasteiger partial charge in [0.05, 0.1) is 16.1 Å². The van der Waals surface area contributed by atoms with Gasteiger partial charge in [0.1, 0.15) is 6.10 Å². The average molecular weight is 503 g/mol. The highest BCUT2D eigenvalue weighted by atomic mass is 32.1. The van der Waals surface area contributed by atoms with E-state index in [-0.39, 0.29) is 18.0 Å². The van der Waals surface area contributed by atoms with E-state index in [2.05, 4.69) is 78.7 Å². The van der Waals surface area contributed by atoms with Crippen molar-refractivity contribution in [2.75, 3.05) is 5.32 Å². The van der Waals surface area contributed by atoms with Gasteiger partial charge in [0, 0.05) is 5.69 Å². The van der Waals surface area contributed by atoms with Crippen molar-refractivity contribution >= 4 is 38.3 Å². The Morgan fingerprint density at radius 3 is 2.25 bits per heavy atom. The number of aryl methyl sites for hydroxylation is 1. The second-order valence-electron chi connectivity index (χ2n) is 8.94. The number of carbonyl (C=O) groups is 1. The summed E-state index contributed by atoms with van der Waals surface area (Å²) in [6, 6.07) is 22.9. The monoisotopic (exact) mass is 502 g/mol. The Kier molecular flexibility index (Phi) is 10.1. The first-order valence-electron chi connectivity index (χ1n) is 13.0. The Morgan fingerprint density at radius 1 is 0.972 bits per heavy atom. The number of anilines is 2. The Hall–Kier alpha value is -3.18. The van der Waals surface area contributed by atoms with Crippen LogP contribution >= 0.6 is 11.3 Å². The third-order valence-corrected chi connectivity index (χ3v) is 7.01. The number of rotatable bonds is 9. The molecule has 0 aliphatic rings. The molecule has 0 fully saturated rings. The lowest BCUT2D eigenvalue weighted by Crippen LogP contribution is -2.17. The summed E-state index contributed by atoms with van der Waals surface area (Å²) in [6.45, 7) is 12.1. The molecule has 0 bridgehead atoms. The van der Waals surface area contributed by atoms with Crippen molar-refractivity contribution in [2.24, 2.45) is 5.92 Å². The highest BCUT2D eigenvalue weighted by Crippen LogP contribution is 2.30. The highest BCUT2D eigenvalue weighted by molar-refractivity contribution is 7.22. The first kappa shape index (κ1) is 27.4. The fourth-order valence-electron chi connectivity index (χ4n) is 3.89. The normalized spacial score (nSPS) is 12.4. The number of nitrogens with zero attached hydrogens (tertiary/aromatic N) is 1. The van der Waals surface area contributed by atoms with Crippen LogP contribution in [0.5, 0.6) is 0 Å². The molecule has 4 rings (SSSR count). The number of fused-ring (bicyclic) bond motifs is 1. The van der Waals surface area contributed by atoms with Gasteiger partial charge in [-0.3, -0.25) is 4.79 Å². The van der Waals surface area contributed by atoms with Gasteiger partial charge in [-0.2, -0.15) is 0 Å². The molecule has 1 aromatic heterocycles. The first-order chi connectivity index (χ1) is 17.4. The molecule has 3 aromatic carbocycles. The zero-order valence-electron chi connectivity index (χ0n) is 22.3. The van der Waals surface area contributed by atoms with E-state index in [0.717, 1.165) is 52.3 Å². The van der Waals surface area contributed by atoms with Gasteiger partial charge < -0.3 is 10.1 Å². The van der Waals surface area contributed by atoms with E-state index in [1.165, 1.54) is 10.3 Å². The number of benzene rings is 3. The molecule has 1 N–H and O–H groups in total. The molecule has 4 aromatic rings. The van der Waals surface area contributed by atoms with Crippen molar-refractivity contribution in [3.63, 3.8) is 0 Å². The lowest BCUT2D eigenvalue weighted by atomic mass is 10.0. The number of carbonyl (C=O) groups excluding carboxylic acids is 1. The lowest BCUT2D eigenvalue weighted by molar-refractivity contribution is -0.153. The van der Waals surface area contributed by atoms with Crippen LogP contribution in [0.4, 0.5) is 10.8 Å². The third-order valence-electron chi connectivity index (χ3n) is 6.08. The van der Waals surface area contributed by atoms with Crippen LogP contribution in [0.25, 0.3) is 21.3 Å².